The van der Waals surface area contributed by atoms with Crippen LogP contribution in [0, 0.1) is 12.3 Å². The molecule has 0 unspecified atom stereocenters. The normalized spacial score (nSPS) is 13.8. The first-order chi connectivity index (χ1) is 8.44. The standard InChI is InChI=1S/C14H19BrO2S/c1-12-4-6-13(7-5-12)18(16)9-8-17-11-14(2,3)10-15/h4-9H,10-11H2,1-3H3/b9-8-/t18-/m1/s1. The van der Waals surface area contributed by atoms with Crippen molar-refractivity contribution in [1.29, 1.82) is 0 Å². The molecule has 2 nitrogen and oxygen atoms in total. The van der Waals surface area contributed by atoms with Crippen LogP contribution in [0.5, 0.6) is 0 Å². The van der Waals surface area contributed by atoms with Crippen molar-refractivity contribution in [3.05, 3.63) is 41.5 Å². The van der Waals surface area contributed by atoms with Gasteiger partial charge in [0, 0.05) is 21.0 Å². The highest BCUT2D eigenvalue weighted by Gasteiger charge is 2.15. The van der Waals surface area contributed by atoms with E-state index in [9.17, 15) is 4.21 Å². The SMILES string of the molecule is Cc1ccc([S@](=O)/C=C\OCC(C)(C)CBr)cc1. The predicted octanol–water partition coefficient (Wildman–Crippen LogP) is 4.01. The number of hydrogen-bond donors (Lipinski definition) is 0. The average molecular weight is 331 g/mol. The number of ether oxygens (including phenoxy) is 1. The molecule has 0 saturated carbocycles. The molecule has 0 aliphatic rings. The monoisotopic (exact) mass is 330 g/mol. The van der Waals surface area contributed by atoms with Gasteiger partial charge in [-0.2, -0.15) is 0 Å². The molecule has 0 aliphatic heterocycles. The van der Waals surface area contributed by atoms with Gasteiger partial charge < -0.3 is 4.74 Å². The number of alkyl halides is 1. The van der Waals surface area contributed by atoms with Crippen LogP contribution in [0.3, 0.4) is 0 Å². The molecule has 0 fully saturated rings. The zero-order valence-electron chi connectivity index (χ0n) is 11.0. The van der Waals surface area contributed by atoms with E-state index >= 15 is 0 Å². The minimum Gasteiger partial charge on any atom is -0.500 e. The minimum absolute atomic E-state index is 0.0791. The summed E-state index contributed by atoms with van der Waals surface area (Å²) in [4.78, 5) is 0.792. The van der Waals surface area contributed by atoms with Crippen LogP contribution in [-0.4, -0.2) is 16.1 Å². The van der Waals surface area contributed by atoms with Crippen molar-refractivity contribution in [3.63, 3.8) is 0 Å². The van der Waals surface area contributed by atoms with Gasteiger partial charge in [0.15, 0.2) is 0 Å². The molecule has 0 spiro atoms. The van der Waals surface area contributed by atoms with E-state index in [1.807, 2.05) is 31.2 Å². The Morgan fingerprint density at radius 1 is 1.33 bits per heavy atom. The summed E-state index contributed by atoms with van der Waals surface area (Å²) in [5.41, 5.74) is 1.24. The van der Waals surface area contributed by atoms with Crippen LogP contribution in [0.2, 0.25) is 0 Å². The first-order valence-electron chi connectivity index (χ1n) is 5.76. The van der Waals surface area contributed by atoms with Gasteiger partial charge in [-0.1, -0.05) is 47.5 Å². The number of rotatable bonds is 6. The van der Waals surface area contributed by atoms with Crippen LogP contribution < -0.4 is 0 Å². The number of halogens is 1. The molecule has 1 aromatic rings. The summed E-state index contributed by atoms with van der Waals surface area (Å²) in [7, 11) is -1.14. The Hall–Kier alpha value is -0.610. The predicted molar refractivity (Wildman–Crippen MR) is 80.3 cm³/mol. The zero-order valence-corrected chi connectivity index (χ0v) is 13.4. The molecule has 0 saturated heterocycles. The van der Waals surface area contributed by atoms with E-state index in [-0.39, 0.29) is 5.41 Å². The molecular weight excluding hydrogens is 312 g/mol. The highest BCUT2D eigenvalue weighted by Crippen LogP contribution is 2.18. The number of hydrogen-bond acceptors (Lipinski definition) is 2. The van der Waals surface area contributed by atoms with Gasteiger partial charge in [-0.15, -0.1) is 0 Å². The lowest BCUT2D eigenvalue weighted by molar-refractivity contribution is 0.156. The van der Waals surface area contributed by atoms with E-state index < -0.39 is 10.8 Å². The van der Waals surface area contributed by atoms with Crippen molar-refractivity contribution in [3.8, 4) is 0 Å². The number of benzene rings is 1. The van der Waals surface area contributed by atoms with Crippen molar-refractivity contribution in [2.75, 3.05) is 11.9 Å². The van der Waals surface area contributed by atoms with Gasteiger partial charge in [0.25, 0.3) is 0 Å². The van der Waals surface area contributed by atoms with E-state index in [4.69, 9.17) is 4.74 Å². The van der Waals surface area contributed by atoms with Crippen molar-refractivity contribution in [2.24, 2.45) is 5.41 Å². The molecule has 0 radical (unpaired) electrons. The van der Waals surface area contributed by atoms with Gasteiger partial charge in [-0.05, 0) is 19.1 Å². The van der Waals surface area contributed by atoms with Crippen molar-refractivity contribution in [2.45, 2.75) is 25.7 Å². The van der Waals surface area contributed by atoms with Crippen LogP contribution >= 0.6 is 15.9 Å². The molecule has 0 aromatic heterocycles. The fourth-order valence-corrected chi connectivity index (χ4v) is 2.06. The average Bonchev–Trinajstić information content (AvgIpc) is 2.35. The smallest absolute Gasteiger partial charge is 0.0932 e. The Kier molecular flexibility index (Phi) is 6.09. The second-order valence-corrected chi connectivity index (χ2v) is 6.89. The molecule has 0 heterocycles. The van der Waals surface area contributed by atoms with Crippen LogP contribution in [0.1, 0.15) is 19.4 Å². The fourth-order valence-electron chi connectivity index (χ4n) is 1.15. The third-order valence-electron chi connectivity index (χ3n) is 2.36. The minimum atomic E-state index is -1.14. The maximum atomic E-state index is 11.9. The summed E-state index contributed by atoms with van der Waals surface area (Å²) in [5.74, 6) is 0. The Balaban J connectivity index is 2.48. The molecular formula is C14H19BrO2S. The third kappa shape index (κ3) is 5.36. The molecule has 1 atom stereocenters. The summed E-state index contributed by atoms with van der Waals surface area (Å²) in [5, 5.41) is 2.45. The molecule has 0 bridgehead atoms. The molecule has 100 valence electrons. The van der Waals surface area contributed by atoms with E-state index in [1.54, 1.807) is 5.41 Å². The van der Waals surface area contributed by atoms with Gasteiger partial charge in [-0.3, -0.25) is 0 Å². The van der Waals surface area contributed by atoms with Crippen LogP contribution in [0.25, 0.3) is 0 Å². The Bertz CT molecular complexity index is 424. The summed E-state index contributed by atoms with van der Waals surface area (Å²) < 4.78 is 17.3. The highest BCUT2D eigenvalue weighted by molar-refractivity contribution is 9.09. The summed E-state index contributed by atoms with van der Waals surface area (Å²) in [6.45, 7) is 6.81. The maximum Gasteiger partial charge on any atom is 0.0932 e. The Morgan fingerprint density at radius 3 is 2.50 bits per heavy atom. The highest BCUT2D eigenvalue weighted by atomic mass is 79.9. The molecule has 18 heavy (non-hydrogen) atoms. The lowest BCUT2D eigenvalue weighted by Gasteiger charge is -2.19. The first-order valence-corrected chi connectivity index (χ1v) is 8.09. The van der Waals surface area contributed by atoms with E-state index in [0.29, 0.717) is 6.61 Å². The third-order valence-corrected chi connectivity index (χ3v) is 4.98. The van der Waals surface area contributed by atoms with Gasteiger partial charge in [0.1, 0.15) is 0 Å². The quantitative estimate of drug-likeness (QED) is 0.581. The lowest BCUT2D eigenvalue weighted by atomic mass is 9.99. The van der Waals surface area contributed by atoms with Gasteiger partial charge in [0.05, 0.1) is 23.7 Å². The van der Waals surface area contributed by atoms with Crippen LogP contribution in [0.4, 0.5) is 0 Å². The lowest BCUT2D eigenvalue weighted by Crippen LogP contribution is -2.19. The maximum absolute atomic E-state index is 11.9. The zero-order chi connectivity index (χ0) is 13.6. The summed E-state index contributed by atoms with van der Waals surface area (Å²) >= 11 is 3.43. The van der Waals surface area contributed by atoms with E-state index in [1.165, 1.54) is 6.26 Å². The van der Waals surface area contributed by atoms with Crippen LogP contribution in [0.15, 0.2) is 40.8 Å². The Labute approximate surface area is 120 Å². The van der Waals surface area contributed by atoms with Crippen molar-refractivity contribution >= 4 is 26.7 Å². The van der Waals surface area contributed by atoms with Crippen LogP contribution in [-0.2, 0) is 15.5 Å². The first kappa shape index (κ1) is 15.4. The Morgan fingerprint density at radius 2 is 1.94 bits per heavy atom. The molecule has 1 aromatic carbocycles. The molecule has 1 rings (SSSR count). The second kappa shape index (κ2) is 7.10. The largest absolute Gasteiger partial charge is 0.500 e. The van der Waals surface area contributed by atoms with E-state index in [0.717, 1.165) is 15.8 Å². The molecule has 0 amide bonds. The summed E-state index contributed by atoms with van der Waals surface area (Å²) in [6, 6.07) is 7.65. The van der Waals surface area contributed by atoms with E-state index in [2.05, 4.69) is 29.8 Å². The van der Waals surface area contributed by atoms with Gasteiger partial charge in [-0.25, -0.2) is 4.21 Å². The van der Waals surface area contributed by atoms with Gasteiger partial charge in [0.2, 0.25) is 0 Å². The molecule has 0 aliphatic carbocycles. The second-order valence-electron chi connectivity index (χ2n) is 4.99. The molecule has 0 N–H and O–H groups in total. The van der Waals surface area contributed by atoms with Gasteiger partial charge >= 0.3 is 0 Å². The summed E-state index contributed by atoms with van der Waals surface area (Å²) in [6.07, 6.45) is 1.53. The van der Waals surface area contributed by atoms with Crippen molar-refractivity contribution in [1.82, 2.24) is 0 Å². The fraction of sp³-hybridized carbons (Fsp3) is 0.429. The topological polar surface area (TPSA) is 26.3 Å². The number of aryl methyl sites for hydroxylation is 1. The molecule has 4 heteroatoms. The van der Waals surface area contributed by atoms with Crippen molar-refractivity contribution < 1.29 is 8.95 Å².